The third kappa shape index (κ3) is 6.05. The highest BCUT2D eigenvalue weighted by molar-refractivity contribution is 5.76. The minimum Gasteiger partial charge on any atom is -0.444 e. The molecule has 1 N–H and O–H groups in total. The van der Waals surface area contributed by atoms with Crippen LogP contribution in [0.15, 0.2) is 36.9 Å². The van der Waals surface area contributed by atoms with Crippen molar-refractivity contribution in [3.63, 3.8) is 0 Å². The number of nitrogens with one attached hydrogen (secondary N) is 1. The number of rotatable bonds is 5. The Kier molecular flexibility index (Phi) is 6.74. The van der Waals surface area contributed by atoms with Gasteiger partial charge in [-0.25, -0.2) is 14.5 Å². The average molecular weight is 414 g/mol. The van der Waals surface area contributed by atoms with Crippen molar-refractivity contribution in [2.24, 2.45) is 5.92 Å². The maximum absolute atomic E-state index is 12.5. The maximum atomic E-state index is 12.5. The first kappa shape index (κ1) is 21.8. The Morgan fingerprint density at radius 1 is 1.20 bits per heavy atom. The SMILES string of the molecule is CC(NC(=O)CC1CCN(C(=O)OC(C)(C)C)CC1)c1ccc(-n2cncn2)cc1. The Balaban J connectivity index is 1.44. The van der Waals surface area contributed by atoms with E-state index in [0.717, 1.165) is 24.1 Å². The average Bonchev–Trinajstić information content (AvgIpc) is 3.22. The van der Waals surface area contributed by atoms with Gasteiger partial charge in [-0.3, -0.25) is 4.79 Å². The first-order chi connectivity index (χ1) is 14.2. The molecule has 2 aromatic rings. The van der Waals surface area contributed by atoms with Crippen LogP contribution < -0.4 is 5.32 Å². The summed E-state index contributed by atoms with van der Waals surface area (Å²) in [6.07, 6.45) is 4.97. The molecule has 30 heavy (non-hydrogen) atoms. The molecule has 0 spiro atoms. The van der Waals surface area contributed by atoms with Gasteiger partial charge in [0.05, 0.1) is 11.7 Å². The van der Waals surface area contributed by atoms with E-state index in [-0.39, 0.29) is 24.0 Å². The number of hydrogen-bond acceptors (Lipinski definition) is 5. The van der Waals surface area contributed by atoms with Crippen molar-refractivity contribution in [2.45, 2.75) is 58.6 Å². The number of amides is 2. The van der Waals surface area contributed by atoms with Crippen molar-refractivity contribution in [1.82, 2.24) is 25.0 Å². The largest absolute Gasteiger partial charge is 0.444 e. The molecule has 1 atom stereocenters. The fourth-order valence-corrected chi connectivity index (χ4v) is 3.55. The fraction of sp³-hybridized carbons (Fsp3) is 0.545. The number of likely N-dealkylation sites (tertiary alicyclic amines) is 1. The van der Waals surface area contributed by atoms with E-state index in [1.165, 1.54) is 6.33 Å². The summed E-state index contributed by atoms with van der Waals surface area (Å²) in [5.41, 5.74) is 1.47. The summed E-state index contributed by atoms with van der Waals surface area (Å²) < 4.78 is 7.12. The van der Waals surface area contributed by atoms with E-state index in [1.807, 2.05) is 52.0 Å². The second-order valence-corrected chi connectivity index (χ2v) is 8.84. The molecule has 3 rings (SSSR count). The van der Waals surface area contributed by atoms with Crippen LogP contribution in [0.4, 0.5) is 4.79 Å². The van der Waals surface area contributed by atoms with Gasteiger partial charge in [0.2, 0.25) is 5.91 Å². The lowest BCUT2D eigenvalue weighted by Crippen LogP contribution is -2.42. The maximum Gasteiger partial charge on any atom is 0.410 e. The predicted octanol–water partition coefficient (Wildman–Crippen LogP) is 3.48. The third-order valence-corrected chi connectivity index (χ3v) is 5.19. The van der Waals surface area contributed by atoms with Gasteiger partial charge in [-0.15, -0.1) is 0 Å². The van der Waals surface area contributed by atoms with Gasteiger partial charge < -0.3 is 15.0 Å². The standard InChI is InChI=1S/C22H31N5O3/c1-16(18-5-7-19(8-6-18)27-15-23-14-24-27)25-20(28)13-17-9-11-26(12-10-17)21(29)30-22(2,3)4/h5-8,14-17H,9-13H2,1-4H3,(H,25,28). The highest BCUT2D eigenvalue weighted by Crippen LogP contribution is 2.23. The topological polar surface area (TPSA) is 89.4 Å². The van der Waals surface area contributed by atoms with E-state index < -0.39 is 5.60 Å². The molecule has 8 nitrogen and oxygen atoms in total. The van der Waals surface area contributed by atoms with E-state index >= 15 is 0 Å². The molecule has 1 aliphatic heterocycles. The number of ether oxygens (including phenoxy) is 1. The van der Waals surface area contributed by atoms with Gasteiger partial charge in [-0.05, 0) is 64.2 Å². The number of piperidine rings is 1. The Morgan fingerprint density at radius 2 is 1.87 bits per heavy atom. The van der Waals surface area contributed by atoms with Gasteiger partial charge in [0.15, 0.2) is 0 Å². The number of carbonyl (C=O) groups excluding carboxylic acids is 2. The molecule has 0 radical (unpaired) electrons. The van der Waals surface area contributed by atoms with E-state index in [1.54, 1.807) is 15.9 Å². The zero-order valence-corrected chi connectivity index (χ0v) is 18.2. The summed E-state index contributed by atoms with van der Waals surface area (Å²) in [6, 6.07) is 7.81. The molecule has 1 fully saturated rings. The molecule has 2 amide bonds. The van der Waals surface area contributed by atoms with Crippen LogP contribution in [-0.2, 0) is 9.53 Å². The molecule has 1 unspecified atom stereocenters. The zero-order chi connectivity index (χ0) is 21.7. The van der Waals surface area contributed by atoms with Crippen LogP contribution in [0.25, 0.3) is 5.69 Å². The third-order valence-electron chi connectivity index (χ3n) is 5.19. The van der Waals surface area contributed by atoms with E-state index in [9.17, 15) is 9.59 Å². The minimum absolute atomic E-state index is 0.0403. The number of nitrogens with zero attached hydrogens (tertiary/aromatic N) is 4. The lowest BCUT2D eigenvalue weighted by molar-refractivity contribution is -0.123. The molecule has 1 aromatic heterocycles. The van der Waals surface area contributed by atoms with Crippen molar-refractivity contribution in [3.8, 4) is 5.69 Å². The summed E-state index contributed by atoms with van der Waals surface area (Å²) in [6.45, 7) is 8.84. The van der Waals surface area contributed by atoms with E-state index in [4.69, 9.17) is 4.74 Å². The van der Waals surface area contributed by atoms with Gasteiger partial charge in [0.1, 0.15) is 18.3 Å². The summed E-state index contributed by atoms with van der Waals surface area (Å²) in [7, 11) is 0. The second-order valence-electron chi connectivity index (χ2n) is 8.84. The summed E-state index contributed by atoms with van der Waals surface area (Å²) in [5, 5.41) is 7.20. The van der Waals surface area contributed by atoms with Crippen molar-refractivity contribution in [2.75, 3.05) is 13.1 Å². The molecule has 2 heterocycles. The van der Waals surface area contributed by atoms with Crippen molar-refractivity contribution < 1.29 is 14.3 Å². The lowest BCUT2D eigenvalue weighted by Gasteiger charge is -2.33. The molecule has 0 bridgehead atoms. The van der Waals surface area contributed by atoms with E-state index in [2.05, 4.69) is 15.4 Å². The summed E-state index contributed by atoms with van der Waals surface area (Å²) in [4.78, 5) is 30.4. The smallest absolute Gasteiger partial charge is 0.410 e. The second kappa shape index (κ2) is 9.28. The molecule has 0 saturated carbocycles. The highest BCUT2D eigenvalue weighted by Gasteiger charge is 2.28. The molecular weight excluding hydrogens is 382 g/mol. The van der Waals surface area contributed by atoms with Gasteiger partial charge in [0.25, 0.3) is 0 Å². The van der Waals surface area contributed by atoms with Crippen LogP contribution in [0, 0.1) is 5.92 Å². The van der Waals surface area contributed by atoms with Crippen LogP contribution >= 0.6 is 0 Å². The Morgan fingerprint density at radius 3 is 2.43 bits per heavy atom. The van der Waals surface area contributed by atoms with Crippen LogP contribution in [0.1, 0.15) is 58.6 Å². The molecule has 1 aliphatic rings. The first-order valence-corrected chi connectivity index (χ1v) is 10.4. The van der Waals surface area contributed by atoms with Gasteiger partial charge in [-0.2, -0.15) is 5.10 Å². The number of benzene rings is 1. The van der Waals surface area contributed by atoms with Gasteiger partial charge in [-0.1, -0.05) is 12.1 Å². The molecule has 1 aromatic carbocycles. The molecular formula is C22H31N5O3. The van der Waals surface area contributed by atoms with Crippen LogP contribution in [0.3, 0.4) is 0 Å². The fourth-order valence-electron chi connectivity index (χ4n) is 3.55. The normalized spacial score (nSPS) is 16.2. The molecule has 0 aliphatic carbocycles. The first-order valence-electron chi connectivity index (χ1n) is 10.4. The van der Waals surface area contributed by atoms with Crippen molar-refractivity contribution in [3.05, 3.63) is 42.5 Å². The van der Waals surface area contributed by atoms with Crippen LogP contribution in [-0.4, -0.2) is 50.4 Å². The highest BCUT2D eigenvalue weighted by atomic mass is 16.6. The lowest BCUT2D eigenvalue weighted by atomic mass is 9.93. The van der Waals surface area contributed by atoms with Crippen molar-refractivity contribution in [1.29, 1.82) is 0 Å². The Bertz CT molecular complexity index is 835. The van der Waals surface area contributed by atoms with Crippen molar-refractivity contribution >= 4 is 12.0 Å². The summed E-state index contributed by atoms with van der Waals surface area (Å²) >= 11 is 0. The van der Waals surface area contributed by atoms with Gasteiger partial charge in [0, 0.05) is 19.5 Å². The number of aromatic nitrogens is 3. The van der Waals surface area contributed by atoms with Crippen LogP contribution in [0.2, 0.25) is 0 Å². The molecule has 8 heteroatoms. The van der Waals surface area contributed by atoms with Gasteiger partial charge >= 0.3 is 6.09 Å². The zero-order valence-electron chi connectivity index (χ0n) is 18.2. The monoisotopic (exact) mass is 413 g/mol. The quantitative estimate of drug-likeness (QED) is 0.811. The Hall–Kier alpha value is -2.90. The van der Waals surface area contributed by atoms with E-state index in [0.29, 0.717) is 19.5 Å². The minimum atomic E-state index is -0.489. The molecule has 162 valence electrons. The Labute approximate surface area is 177 Å². The predicted molar refractivity (Wildman–Crippen MR) is 113 cm³/mol. The summed E-state index contributed by atoms with van der Waals surface area (Å²) in [5.74, 6) is 0.323. The molecule has 1 saturated heterocycles. The number of carbonyl (C=O) groups is 2. The van der Waals surface area contributed by atoms with Crippen LogP contribution in [0.5, 0.6) is 0 Å². The number of hydrogen-bond donors (Lipinski definition) is 1.